The Hall–Kier alpha value is -0.200. The minimum absolute atomic E-state index is 0.0247. The van der Waals surface area contributed by atoms with Crippen molar-refractivity contribution in [2.24, 2.45) is 5.41 Å². The molecule has 1 aromatic rings. The number of carbonyl (C=O) groups is 1. The second-order valence-corrected chi connectivity index (χ2v) is 6.87. The Morgan fingerprint density at radius 1 is 1.42 bits per heavy atom. The maximum absolute atomic E-state index is 12.0. The topological polar surface area (TPSA) is 38.3 Å². The van der Waals surface area contributed by atoms with Crippen LogP contribution < -0.4 is 10.1 Å². The lowest BCUT2D eigenvalue weighted by Crippen LogP contribution is -2.18. The SMILES string of the molecule is COc1cc(NC(=O)CC2(CS)CC2)c(Br)cc1Br. The van der Waals surface area contributed by atoms with Gasteiger partial charge in [-0.3, -0.25) is 4.79 Å². The number of halogens is 2. The number of rotatable bonds is 5. The third-order valence-corrected chi connectivity index (χ3v) is 5.29. The predicted molar refractivity (Wildman–Crippen MR) is 87.2 cm³/mol. The Bertz CT molecular complexity index is 504. The minimum atomic E-state index is 0.0247. The van der Waals surface area contributed by atoms with Crippen molar-refractivity contribution in [3.8, 4) is 5.75 Å². The van der Waals surface area contributed by atoms with Crippen LogP contribution in [0.2, 0.25) is 0 Å². The van der Waals surface area contributed by atoms with E-state index < -0.39 is 0 Å². The Balaban J connectivity index is 2.08. The van der Waals surface area contributed by atoms with Crippen molar-refractivity contribution < 1.29 is 9.53 Å². The molecule has 0 atom stereocenters. The number of methoxy groups -OCH3 is 1. The number of hydrogen-bond acceptors (Lipinski definition) is 3. The van der Waals surface area contributed by atoms with Crippen molar-refractivity contribution in [2.75, 3.05) is 18.2 Å². The van der Waals surface area contributed by atoms with Crippen LogP contribution in [0.5, 0.6) is 5.75 Å². The number of anilines is 1. The number of nitrogens with one attached hydrogen (secondary N) is 1. The highest BCUT2D eigenvalue weighted by Crippen LogP contribution is 2.49. The third kappa shape index (κ3) is 3.67. The number of hydrogen-bond donors (Lipinski definition) is 2. The van der Waals surface area contributed by atoms with Gasteiger partial charge in [-0.1, -0.05) is 0 Å². The molecule has 1 amide bonds. The zero-order chi connectivity index (χ0) is 14.0. The van der Waals surface area contributed by atoms with Crippen molar-refractivity contribution in [1.29, 1.82) is 0 Å². The van der Waals surface area contributed by atoms with Crippen LogP contribution in [0.1, 0.15) is 19.3 Å². The van der Waals surface area contributed by atoms with E-state index >= 15 is 0 Å². The summed E-state index contributed by atoms with van der Waals surface area (Å²) < 4.78 is 6.89. The first kappa shape index (κ1) is 15.2. The first-order valence-electron chi connectivity index (χ1n) is 5.93. The molecule has 3 nitrogen and oxygen atoms in total. The van der Waals surface area contributed by atoms with E-state index in [0.29, 0.717) is 12.2 Å². The van der Waals surface area contributed by atoms with E-state index in [2.05, 4.69) is 49.8 Å². The molecule has 1 saturated carbocycles. The summed E-state index contributed by atoms with van der Waals surface area (Å²) in [4.78, 5) is 12.0. The van der Waals surface area contributed by atoms with E-state index in [1.807, 2.05) is 6.07 Å². The summed E-state index contributed by atoms with van der Waals surface area (Å²) in [6.45, 7) is 0. The third-order valence-electron chi connectivity index (χ3n) is 3.34. The van der Waals surface area contributed by atoms with Gasteiger partial charge in [0.15, 0.2) is 0 Å². The van der Waals surface area contributed by atoms with Crippen LogP contribution in [0.4, 0.5) is 5.69 Å². The minimum Gasteiger partial charge on any atom is -0.495 e. The van der Waals surface area contributed by atoms with Crippen LogP contribution in [0.25, 0.3) is 0 Å². The first-order chi connectivity index (χ1) is 8.99. The molecule has 0 aromatic heterocycles. The lowest BCUT2D eigenvalue weighted by atomic mass is 10.1. The van der Waals surface area contributed by atoms with Gasteiger partial charge in [-0.15, -0.1) is 0 Å². The molecule has 1 fully saturated rings. The Labute approximate surface area is 135 Å². The number of thiol groups is 1. The zero-order valence-corrected chi connectivity index (χ0v) is 14.6. The predicted octanol–water partition coefficient (Wildman–Crippen LogP) is 4.26. The molecule has 0 spiro atoms. The molecule has 0 unspecified atom stereocenters. The van der Waals surface area contributed by atoms with Crippen LogP contribution in [-0.4, -0.2) is 18.8 Å². The summed E-state index contributed by atoms with van der Waals surface area (Å²) in [6.07, 6.45) is 2.71. The Morgan fingerprint density at radius 3 is 2.63 bits per heavy atom. The lowest BCUT2D eigenvalue weighted by Gasteiger charge is -2.14. The standard InChI is InChI=1S/C13H15Br2NO2S/c1-18-11-5-10(8(14)4-9(11)15)16-12(17)6-13(7-19)2-3-13/h4-5,19H,2-3,6-7H2,1H3,(H,16,17). The summed E-state index contributed by atoms with van der Waals surface area (Å²) in [6, 6.07) is 3.66. The molecule has 0 radical (unpaired) electrons. The molecule has 1 aliphatic carbocycles. The van der Waals surface area contributed by atoms with E-state index in [-0.39, 0.29) is 11.3 Å². The fraction of sp³-hybridized carbons (Fsp3) is 0.462. The normalized spacial score (nSPS) is 16.0. The van der Waals surface area contributed by atoms with Gasteiger partial charge in [0.05, 0.1) is 17.3 Å². The lowest BCUT2D eigenvalue weighted by molar-refractivity contribution is -0.117. The van der Waals surface area contributed by atoms with Crippen LogP contribution >= 0.6 is 44.5 Å². The molecule has 104 valence electrons. The molecule has 1 aromatic carbocycles. The molecule has 0 saturated heterocycles. The fourth-order valence-electron chi connectivity index (χ4n) is 1.88. The highest BCUT2D eigenvalue weighted by atomic mass is 79.9. The van der Waals surface area contributed by atoms with Gasteiger partial charge in [0, 0.05) is 17.0 Å². The van der Waals surface area contributed by atoms with Crippen molar-refractivity contribution >= 4 is 56.1 Å². The average Bonchev–Trinajstić information content (AvgIpc) is 3.13. The summed E-state index contributed by atoms with van der Waals surface area (Å²) in [5, 5.41) is 2.92. The number of amides is 1. The van der Waals surface area contributed by atoms with E-state index in [9.17, 15) is 4.79 Å². The van der Waals surface area contributed by atoms with Gasteiger partial charge in [0.25, 0.3) is 0 Å². The van der Waals surface area contributed by atoms with Gasteiger partial charge < -0.3 is 10.1 Å². The number of carbonyl (C=O) groups excluding carboxylic acids is 1. The van der Waals surface area contributed by atoms with Crippen LogP contribution in [0, 0.1) is 5.41 Å². The van der Waals surface area contributed by atoms with Gasteiger partial charge in [-0.25, -0.2) is 0 Å². The fourth-order valence-corrected chi connectivity index (χ4v) is 3.57. The first-order valence-corrected chi connectivity index (χ1v) is 8.15. The average molecular weight is 409 g/mol. The second kappa shape index (κ2) is 6.06. The molecule has 0 aliphatic heterocycles. The maximum Gasteiger partial charge on any atom is 0.224 e. The molecule has 1 N–H and O–H groups in total. The molecule has 1 aliphatic rings. The molecular formula is C13H15Br2NO2S. The second-order valence-electron chi connectivity index (χ2n) is 4.85. The van der Waals surface area contributed by atoms with Crippen LogP contribution in [0.3, 0.4) is 0 Å². The molecule has 2 rings (SSSR count). The molecule has 19 heavy (non-hydrogen) atoms. The van der Waals surface area contributed by atoms with E-state index in [0.717, 1.165) is 33.2 Å². The number of benzene rings is 1. The summed E-state index contributed by atoms with van der Waals surface area (Å²) >= 11 is 11.2. The van der Waals surface area contributed by atoms with Gasteiger partial charge >= 0.3 is 0 Å². The van der Waals surface area contributed by atoms with Crippen molar-refractivity contribution in [1.82, 2.24) is 0 Å². The zero-order valence-electron chi connectivity index (χ0n) is 10.5. The smallest absolute Gasteiger partial charge is 0.224 e. The van der Waals surface area contributed by atoms with Gasteiger partial charge in [-0.2, -0.15) is 12.6 Å². The van der Waals surface area contributed by atoms with Crippen molar-refractivity contribution in [2.45, 2.75) is 19.3 Å². The largest absolute Gasteiger partial charge is 0.495 e. The maximum atomic E-state index is 12.0. The molecular weight excluding hydrogens is 394 g/mol. The summed E-state index contributed by atoms with van der Waals surface area (Å²) in [7, 11) is 1.60. The summed E-state index contributed by atoms with van der Waals surface area (Å²) in [5.74, 6) is 1.48. The molecule has 6 heteroatoms. The van der Waals surface area contributed by atoms with E-state index in [4.69, 9.17) is 4.74 Å². The van der Waals surface area contributed by atoms with Crippen LogP contribution in [0.15, 0.2) is 21.1 Å². The highest BCUT2D eigenvalue weighted by Gasteiger charge is 2.42. The van der Waals surface area contributed by atoms with E-state index in [1.54, 1.807) is 13.2 Å². The van der Waals surface area contributed by atoms with Crippen LogP contribution in [-0.2, 0) is 4.79 Å². The van der Waals surface area contributed by atoms with Gasteiger partial charge in [0.2, 0.25) is 5.91 Å². The van der Waals surface area contributed by atoms with Gasteiger partial charge in [0.1, 0.15) is 5.75 Å². The summed E-state index contributed by atoms with van der Waals surface area (Å²) in [5.41, 5.74) is 0.846. The van der Waals surface area contributed by atoms with Crippen molar-refractivity contribution in [3.05, 3.63) is 21.1 Å². The quantitative estimate of drug-likeness (QED) is 0.714. The monoisotopic (exact) mass is 407 g/mol. The van der Waals surface area contributed by atoms with Gasteiger partial charge in [-0.05, 0) is 61.9 Å². The van der Waals surface area contributed by atoms with Crippen molar-refractivity contribution in [3.63, 3.8) is 0 Å². The highest BCUT2D eigenvalue weighted by molar-refractivity contribution is 9.11. The number of ether oxygens (including phenoxy) is 1. The molecule has 0 heterocycles. The van der Waals surface area contributed by atoms with E-state index in [1.165, 1.54) is 0 Å². The molecule has 0 bridgehead atoms. The Morgan fingerprint density at radius 2 is 2.11 bits per heavy atom. The Kier molecular flexibility index (Phi) is 4.84.